The van der Waals surface area contributed by atoms with Crippen LogP contribution in [0, 0.1) is 0 Å². The van der Waals surface area contributed by atoms with E-state index in [9.17, 15) is 0 Å². The molecule has 0 aliphatic heterocycles. The summed E-state index contributed by atoms with van der Waals surface area (Å²) in [6, 6.07) is 3.79. The summed E-state index contributed by atoms with van der Waals surface area (Å²) in [5.41, 5.74) is 0. The molecule has 2 N–H and O–H groups in total. The quantitative estimate of drug-likeness (QED) is 0.176. The van der Waals surface area contributed by atoms with Crippen LogP contribution in [0.1, 0.15) is 50.7 Å². The Kier molecular flexibility index (Phi) is 13.7. The van der Waals surface area contributed by atoms with Crippen molar-refractivity contribution < 1.29 is 13.9 Å². The summed E-state index contributed by atoms with van der Waals surface area (Å²) in [4.78, 5) is 4.23. The molecule has 6 nitrogen and oxygen atoms in total. The number of hydrogen-bond donors (Lipinski definition) is 2. The number of nitrogens with one attached hydrogen (secondary N) is 2. The molecular formula is C19H34IN3O3. The summed E-state index contributed by atoms with van der Waals surface area (Å²) in [6.45, 7) is 3.55. The summed E-state index contributed by atoms with van der Waals surface area (Å²) in [6.07, 6.45) is 10.8. The molecule has 1 saturated carbocycles. The predicted octanol–water partition coefficient (Wildman–Crippen LogP) is 3.71. The second-order valence-corrected chi connectivity index (χ2v) is 6.40. The smallest absolute Gasteiger partial charge is 0.191 e. The first-order valence-electron chi connectivity index (χ1n) is 9.54. The molecule has 0 unspecified atom stereocenters. The van der Waals surface area contributed by atoms with Crippen LogP contribution in [0.25, 0.3) is 0 Å². The van der Waals surface area contributed by atoms with Crippen molar-refractivity contribution in [2.45, 2.75) is 57.7 Å². The third-order valence-electron chi connectivity index (χ3n) is 4.36. The molecule has 0 bridgehead atoms. The minimum atomic E-state index is 0. The third kappa shape index (κ3) is 10.4. The highest BCUT2D eigenvalue weighted by atomic mass is 127. The number of nitrogens with zero attached hydrogens (tertiary/aromatic N) is 1. The number of hydrogen-bond acceptors (Lipinski definition) is 4. The van der Waals surface area contributed by atoms with Gasteiger partial charge < -0.3 is 24.5 Å². The Morgan fingerprint density at radius 1 is 1.15 bits per heavy atom. The van der Waals surface area contributed by atoms with Crippen molar-refractivity contribution in [2.75, 3.05) is 33.4 Å². The van der Waals surface area contributed by atoms with Crippen LogP contribution in [0.15, 0.2) is 27.8 Å². The lowest BCUT2D eigenvalue weighted by atomic mass is 10.1. The van der Waals surface area contributed by atoms with E-state index < -0.39 is 0 Å². The fourth-order valence-electron chi connectivity index (χ4n) is 2.97. The van der Waals surface area contributed by atoms with E-state index in [0.717, 1.165) is 37.8 Å². The first kappa shape index (κ1) is 23.2. The lowest BCUT2D eigenvalue weighted by Gasteiger charge is -2.16. The van der Waals surface area contributed by atoms with Gasteiger partial charge in [0.1, 0.15) is 12.4 Å². The van der Waals surface area contributed by atoms with Gasteiger partial charge in [-0.3, -0.25) is 4.99 Å². The van der Waals surface area contributed by atoms with Crippen molar-refractivity contribution in [3.05, 3.63) is 24.2 Å². The zero-order chi connectivity index (χ0) is 17.6. The lowest BCUT2D eigenvalue weighted by Crippen LogP contribution is -2.39. The Hall–Kier alpha value is -0.800. The van der Waals surface area contributed by atoms with Gasteiger partial charge in [-0.15, -0.1) is 24.0 Å². The highest BCUT2D eigenvalue weighted by molar-refractivity contribution is 14.0. The fourth-order valence-corrected chi connectivity index (χ4v) is 2.97. The number of halogens is 1. The molecule has 0 aromatic carbocycles. The van der Waals surface area contributed by atoms with Crippen LogP contribution in [-0.4, -0.2) is 45.4 Å². The highest BCUT2D eigenvalue weighted by Crippen LogP contribution is 2.19. The zero-order valence-corrected chi connectivity index (χ0v) is 18.2. The van der Waals surface area contributed by atoms with E-state index in [1.807, 2.05) is 12.1 Å². The second-order valence-electron chi connectivity index (χ2n) is 6.40. The predicted molar refractivity (Wildman–Crippen MR) is 115 cm³/mol. The first-order chi connectivity index (χ1) is 12.4. The van der Waals surface area contributed by atoms with Crippen LogP contribution in [-0.2, 0) is 16.1 Å². The fraction of sp³-hybridized carbons (Fsp3) is 0.737. The summed E-state index contributed by atoms with van der Waals surface area (Å²) in [5, 5.41) is 6.59. The molecule has 1 aliphatic carbocycles. The van der Waals surface area contributed by atoms with Gasteiger partial charge in [-0.2, -0.15) is 0 Å². The molecule has 150 valence electrons. The van der Waals surface area contributed by atoms with Crippen molar-refractivity contribution in [3.8, 4) is 0 Å². The van der Waals surface area contributed by atoms with Crippen molar-refractivity contribution in [1.82, 2.24) is 10.6 Å². The van der Waals surface area contributed by atoms with Gasteiger partial charge in [0.05, 0.1) is 19.0 Å². The van der Waals surface area contributed by atoms with E-state index in [1.165, 1.54) is 38.5 Å². The Labute approximate surface area is 174 Å². The van der Waals surface area contributed by atoms with Crippen LogP contribution in [0.4, 0.5) is 0 Å². The third-order valence-corrected chi connectivity index (χ3v) is 4.36. The largest absolute Gasteiger partial charge is 0.467 e. The Morgan fingerprint density at radius 3 is 2.62 bits per heavy atom. The summed E-state index contributed by atoms with van der Waals surface area (Å²) in [7, 11) is 1.79. The maximum Gasteiger partial charge on any atom is 0.191 e. The topological polar surface area (TPSA) is 68.0 Å². The van der Waals surface area contributed by atoms with Crippen LogP contribution >= 0.6 is 24.0 Å². The minimum absolute atomic E-state index is 0. The summed E-state index contributed by atoms with van der Waals surface area (Å²) in [5.74, 6) is 1.68. The van der Waals surface area contributed by atoms with Gasteiger partial charge in [0.25, 0.3) is 0 Å². The Morgan fingerprint density at radius 2 is 1.92 bits per heavy atom. The molecule has 26 heavy (non-hydrogen) atoms. The average Bonchev–Trinajstić information content (AvgIpc) is 3.02. The highest BCUT2D eigenvalue weighted by Gasteiger charge is 2.12. The Bertz CT molecular complexity index is 461. The zero-order valence-electron chi connectivity index (χ0n) is 15.9. The monoisotopic (exact) mass is 479 g/mol. The average molecular weight is 479 g/mol. The molecule has 0 atom stereocenters. The molecule has 0 amide bonds. The minimum Gasteiger partial charge on any atom is -0.467 e. The molecule has 1 aromatic rings. The number of ether oxygens (including phenoxy) is 2. The van der Waals surface area contributed by atoms with Crippen LogP contribution < -0.4 is 10.6 Å². The molecule has 1 aromatic heterocycles. The molecule has 7 heteroatoms. The molecule has 0 spiro atoms. The number of furan rings is 1. The summed E-state index contributed by atoms with van der Waals surface area (Å²) < 4.78 is 16.8. The molecular weight excluding hydrogens is 445 g/mol. The maximum atomic E-state index is 5.98. The van der Waals surface area contributed by atoms with E-state index in [0.29, 0.717) is 19.3 Å². The standard InChI is InChI=1S/C19H33N3O3.HI/c1-20-19(21-11-7-13-23-16-18-10-6-14-24-18)22-12-15-25-17-8-4-2-3-5-9-17;/h6,10,14,17H,2-5,7-9,11-13,15-16H2,1H3,(H2,20,21,22);1H. The second kappa shape index (κ2) is 15.3. The van der Waals surface area contributed by atoms with Gasteiger partial charge in [-0.1, -0.05) is 25.7 Å². The molecule has 0 saturated heterocycles. The molecule has 1 aliphatic rings. The lowest BCUT2D eigenvalue weighted by molar-refractivity contribution is 0.0468. The van der Waals surface area contributed by atoms with Crippen molar-refractivity contribution in [2.24, 2.45) is 4.99 Å². The number of guanidine groups is 1. The van der Waals surface area contributed by atoms with E-state index >= 15 is 0 Å². The van der Waals surface area contributed by atoms with Gasteiger partial charge in [0.15, 0.2) is 5.96 Å². The van der Waals surface area contributed by atoms with Crippen molar-refractivity contribution in [1.29, 1.82) is 0 Å². The maximum absolute atomic E-state index is 5.98. The van der Waals surface area contributed by atoms with E-state index in [1.54, 1.807) is 13.3 Å². The van der Waals surface area contributed by atoms with E-state index in [2.05, 4.69) is 15.6 Å². The molecule has 1 heterocycles. The SMILES string of the molecule is CN=C(NCCCOCc1ccco1)NCCOC1CCCCCC1.I. The number of rotatable bonds is 10. The first-order valence-corrected chi connectivity index (χ1v) is 9.54. The van der Waals surface area contributed by atoms with E-state index in [4.69, 9.17) is 13.9 Å². The molecule has 2 rings (SSSR count). The van der Waals surface area contributed by atoms with Gasteiger partial charge >= 0.3 is 0 Å². The number of aliphatic imine (C=N–C) groups is 1. The van der Waals surface area contributed by atoms with Crippen molar-refractivity contribution >= 4 is 29.9 Å². The van der Waals surface area contributed by atoms with Gasteiger partial charge in [-0.25, -0.2) is 0 Å². The molecule has 0 radical (unpaired) electrons. The summed E-state index contributed by atoms with van der Waals surface area (Å²) >= 11 is 0. The van der Waals surface area contributed by atoms with Crippen LogP contribution in [0.5, 0.6) is 0 Å². The molecule has 1 fully saturated rings. The Balaban J connectivity index is 0.00000338. The van der Waals surface area contributed by atoms with Gasteiger partial charge in [0.2, 0.25) is 0 Å². The van der Waals surface area contributed by atoms with E-state index in [-0.39, 0.29) is 24.0 Å². The van der Waals surface area contributed by atoms with Gasteiger partial charge in [-0.05, 0) is 31.4 Å². The van der Waals surface area contributed by atoms with Gasteiger partial charge in [0, 0.05) is 26.7 Å². The normalized spacial score (nSPS) is 16.0. The van der Waals surface area contributed by atoms with Crippen LogP contribution in [0.3, 0.4) is 0 Å². The van der Waals surface area contributed by atoms with Crippen molar-refractivity contribution in [3.63, 3.8) is 0 Å². The van der Waals surface area contributed by atoms with Crippen LogP contribution in [0.2, 0.25) is 0 Å².